The van der Waals surface area contributed by atoms with Crippen molar-refractivity contribution in [3.05, 3.63) is 34.9 Å². The van der Waals surface area contributed by atoms with Crippen LogP contribution >= 0.6 is 0 Å². The summed E-state index contributed by atoms with van der Waals surface area (Å²) in [6.45, 7) is 10.4. The lowest BCUT2D eigenvalue weighted by atomic mass is 10.1. The van der Waals surface area contributed by atoms with Crippen LogP contribution in [0.2, 0.25) is 0 Å². The topological polar surface area (TPSA) is 26.3 Å². The monoisotopic (exact) mass is 236 g/mol. The Morgan fingerprint density at radius 3 is 2.18 bits per heavy atom. The fourth-order valence-electron chi connectivity index (χ4n) is 1.23. The van der Waals surface area contributed by atoms with Crippen LogP contribution in [0, 0.1) is 0 Å². The van der Waals surface area contributed by atoms with E-state index < -0.39 is 0 Å². The Hall–Kier alpha value is -1.31. The number of carbonyl (C=O) groups is 1. The third-order valence-electron chi connectivity index (χ3n) is 2.16. The second-order valence-corrected chi connectivity index (χ2v) is 4.72. The molecule has 0 N–H and O–H groups in total. The minimum absolute atomic E-state index is 0.265. The second kappa shape index (κ2) is 8.80. The van der Waals surface area contributed by atoms with Gasteiger partial charge < -0.3 is 4.74 Å². The van der Waals surface area contributed by atoms with Crippen LogP contribution in [-0.4, -0.2) is 12.6 Å². The third-order valence-corrected chi connectivity index (χ3v) is 2.16. The van der Waals surface area contributed by atoms with Crippen molar-refractivity contribution in [3.8, 4) is 0 Å². The fourth-order valence-corrected chi connectivity index (χ4v) is 1.23. The van der Waals surface area contributed by atoms with Crippen LogP contribution in [0.3, 0.4) is 0 Å². The van der Waals surface area contributed by atoms with E-state index in [4.69, 9.17) is 4.74 Å². The van der Waals surface area contributed by atoms with Crippen molar-refractivity contribution < 1.29 is 9.53 Å². The first-order valence-corrected chi connectivity index (χ1v) is 6.02. The number of rotatable bonds is 6. The molecule has 2 heteroatoms. The van der Waals surface area contributed by atoms with Gasteiger partial charge >= 0.3 is 5.97 Å². The molecule has 0 amide bonds. The molecule has 0 aliphatic carbocycles. The van der Waals surface area contributed by atoms with Crippen molar-refractivity contribution in [3.63, 3.8) is 0 Å². The Bertz CT molecular complexity index is 325. The summed E-state index contributed by atoms with van der Waals surface area (Å²) in [6.07, 6.45) is 7.76. The van der Waals surface area contributed by atoms with E-state index >= 15 is 0 Å². The van der Waals surface area contributed by atoms with Crippen molar-refractivity contribution in [2.45, 2.75) is 47.5 Å². The van der Waals surface area contributed by atoms with Gasteiger partial charge in [0.25, 0.3) is 0 Å². The third kappa shape index (κ3) is 11.0. The molecule has 0 aromatic rings. The largest absolute Gasteiger partial charge is 0.458 e. The van der Waals surface area contributed by atoms with E-state index in [1.165, 1.54) is 17.2 Å². The zero-order valence-electron chi connectivity index (χ0n) is 11.7. The molecular formula is C15H24O2. The van der Waals surface area contributed by atoms with E-state index in [1.54, 1.807) is 0 Å². The maximum absolute atomic E-state index is 11.2. The molecule has 0 fully saturated rings. The first kappa shape index (κ1) is 15.7. The van der Waals surface area contributed by atoms with Crippen LogP contribution in [-0.2, 0) is 9.53 Å². The van der Waals surface area contributed by atoms with Gasteiger partial charge in [0, 0.05) is 6.08 Å². The van der Waals surface area contributed by atoms with Crippen LogP contribution in [0.4, 0.5) is 0 Å². The van der Waals surface area contributed by atoms with Crippen LogP contribution < -0.4 is 0 Å². The predicted octanol–water partition coefficient (Wildman–Crippen LogP) is 4.19. The van der Waals surface area contributed by atoms with Crippen molar-refractivity contribution in [2.75, 3.05) is 6.61 Å². The van der Waals surface area contributed by atoms with Gasteiger partial charge in [0.2, 0.25) is 0 Å². The summed E-state index contributed by atoms with van der Waals surface area (Å²) in [7, 11) is 0. The van der Waals surface area contributed by atoms with Gasteiger partial charge in [-0.05, 0) is 53.5 Å². The van der Waals surface area contributed by atoms with Crippen molar-refractivity contribution >= 4 is 5.97 Å². The number of carbonyl (C=O) groups excluding carboxylic acids is 1. The molecule has 0 radical (unpaired) electrons. The Balaban J connectivity index is 3.88. The normalized spacial score (nSPS) is 10.8. The number of esters is 1. The summed E-state index contributed by atoms with van der Waals surface area (Å²) in [5.41, 5.74) is 3.56. The summed E-state index contributed by atoms with van der Waals surface area (Å²) in [4.78, 5) is 11.2. The standard InChI is InChI=1S/C15H24O2/c1-12(2)7-6-8-14(5)9-10-17-15(16)11-13(3)4/h7,9,11H,6,8,10H2,1-5H3. The summed E-state index contributed by atoms with van der Waals surface area (Å²) < 4.78 is 5.04. The molecule has 0 atom stereocenters. The average molecular weight is 236 g/mol. The Kier molecular flexibility index (Phi) is 8.12. The molecule has 0 aromatic heterocycles. The molecule has 0 heterocycles. The van der Waals surface area contributed by atoms with Crippen LogP contribution in [0.15, 0.2) is 34.9 Å². The minimum Gasteiger partial charge on any atom is -0.458 e. The molecule has 17 heavy (non-hydrogen) atoms. The highest BCUT2D eigenvalue weighted by molar-refractivity contribution is 5.82. The van der Waals surface area contributed by atoms with E-state index in [9.17, 15) is 4.79 Å². The number of hydrogen-bond acceptors (Lipinski definition) is 2. The van der Waals surface area contributed by atoms with Gasteiger partial charge in [-0.2, -0.15) is 0 Å². The Morgan fingerprint density at radius 1 is 1.00 bits per heavy atom. The molecule has 0 aromatic carbocycles. The second-order valence-electron chi connectivity index (χ2n) is 4.72. The molecule has 0 rings (SSSR count). The molecule has 2 nitrogen and oxygen atoms in total. The number of ether oxygens (including phenoxy) is 1. The maximum Gasteiger partial charge on any atom is 0.330 e. The van der Waals surface area contributed by atoms with E-state index in [1.807, 2.05) is 19.9 Å². The van der Waals surface area contributed by atoms with Crippen LogP contribution in [0.25, 0.3) is 0 Å². The lowest BCUT2D eigenvalue weighted by molar-refractivity contribution is -0.136. The molecule has 0 aliphatic heterocycles. The first-order chi connectivity index (χ1) is 7.91. The molecule has 96 valence electrons. The smallest absolute Gasteiger partial charge is 0.330 e. The summed E-state index contributed by atoms with van der Waals surface area (Å²) in [5.74, 6) is -0.265. The van der Waals surface area contributed by atoms with Gasteiger partial charge in [0.15, 0.2) is 0 Å². The molecule has 0 bridgehead atoms. The van der Waals surface area contributed by atoms with Gasteiger partial charge in [0.05, 0.1) is 0 Å². The van der Waals surface area contributed by atoms with Gasteiger partial charge in [-0.25, -0.2) is 4.79 Å². The van der Waals surface area contributed by atoms with E-state index in [0.717, 1.165) is 18.4 Å². The number of hydrogen-bond donors (Lipinski definition) is 0. The SMILES string of the molecule is CC(C)=CCCC(C)=CCOC(=O)C=C(C)C. The molecule has 0 unspecified atom stereocenters. The van der Waals surface area contributed by atoms with Crippen LogP contribution in [0.5, 0.6) is 0 Å². The summed E-state index contributed by atoms with van der Waals surface area (Å²) >= 11 is 0. The highest BCUT2D eigenvalue weighted by Gasteiger charge is 1.96. The molecule has 0 aliphatic rings. The van der Waals surface area contributed by atoms with Gasteiger partial charge in [-0.3, -0.25) is 0 Å². The summed E-state index contributed by atoms with van der Waals surface area (Å²) in [5, 5.41) is 0. The average Bonchev–Trinajstić information content (AvgIpc) is 2.15. The lowest BCUT2D eigenvalue weighted by Gasteiger charge is -2.01. The predicted molar refractivity (Wildman–Crippen MR) is 72.8 cm³/mol. The molecule has 0 saturated heterocycles. The van der Waals surface area contributed by atoms with Gasteiger partial charge in [-0.15, -0.1) is 0 Å². The van der Waals surface area contributed by atoms with Crippen LogP contribution in [0.1, 0.15) is 47.5 Å². The zero-order chi connectivity index (χ0) is 13.3. The highest BCUT2D eigenvalue weighted by atomic mass is 16.5. The van der Waals surface area contributed by atoms with E-state index in [2.05, 4.69) is 26.8 Å². The van der Waals surface area contributed by atoms with E-state index in [-0.39, 0.29) is 5.97 Å². The fraction of sp³-hybridized carbons (Fsp3) is 0.533. The van der Waals surface area contributed by atoms with Gasteiger partial charge in [-0.1, -0.05) is 22.8 Å². The van der Waals surface area contributed by atoms with Gasteiger partial charge in [0.1, 0.15) is 6.61 Å². The molecular weight excluding hydrogens is 212 g/mol. The summed E-state index contributed by atoms with van der Waals surface area (Å²) in [6, 6.07) is 0. The molecule has 0 saturated carbocycles. The minimum atomic E-state index is -0.265. The quantitative estimate of drug-likeness (QED) is 0.393. The van der Waals surface area contributed by atoms with Crippen molar-refractivity contribution in [2.24, 2.45) is 0 Å². The highest BCUT2D eigenvalue weighted by Crippen LogP contribution is 2.06. The molecule has 0 spiro atoms. The first-order valence-electron chi connectivity index (χ1n) is 6.02. The van der Waals surface area contributed by atoms with E-state index in [0.29, 0.717) is 6.61 Å². The Morgan fingerprint density at radius 2 is 1.65 bits per heavy atom. The van der Waals surface area contributed by atoms with Crippen molar-refractivity contribution in [1.82, 2.24) is 0 Å². The maximum atomic E-state index is 11.2. The zero-order valence-corrected chi connectivity index (χ0v) is 11.7. The number of allylic oxidation sites excluding steroid dienone is 4. The lowest BCUT2D eigenvalue weighted by Crippen LogP contribution is -2.01. The van der Waals surface area contributed by atoms with Crippen molar-refractivity contribution in [1.29, 1.82) is 0 Å². The Labute approximate surface area is 105 Å².